The van der Waals surface area contributed by atoms with Crippen LogP contribution < -0.4 is 15.4 Å². The average Bonchev–Trinajstić information content (AvgIpc) is 3.37. The normalized spacial score (nSPS) is 13.5. The van der Waals surface area contributed by atoms with E-state index in [1.165, 1.54) is 20.3 Å². The maximum absolute atomic E-state index is 13.4. The molecule has 0 bridgehead atoms. The minimum absolute atomic E-state index is 0.0179. The number of amides is 3. The summed E-state index contributed by atoms with van der Waals surface area (Å²) < 4.78 is 10.7. The number of methoxy groups -OCH3 is 1. The fourth-order valence-electron chi connectivity index (χ4n) is 3.50. The van der Waals surface area contributed by atoms with Gasteiger partial charge in [0.1, 0.15) is 17.2 Å². The van der Waals surface area contributed by atoms with Crippen molar-refractivity contribution in [2.75, 3.05) is 17.7 Å². The molecule has 8 nitrogen and oxygen atoms in total. The molecule has 2 N–H and O–H groups in total. The van der Waals surface area contributed by atoms with E-state index in [9.17, 15) is 14.4 Å². The first-order valence-electron chi connectivity index (χ1n) is 9.99. The number of benzene rings is 2. The standard InChI is InChI=1S/C24H20ClN3O5/c1-14(29)26-17-8-5-15(6-9-17)21-22(27-19-12-16(25)7-10-20(19)32-2)24(31)28(23(21)30)13-18-4-3-11-33-18/h3-12,27H,13H2,1-2H3,(H,26,29). The van der Waals surface area contributed by atoms with E-state index in [4.69, 9.17) is 20.8 Å². The summed E-state index contributed by atoms with van der Waals surface area (Å²) in [6, 6.07) is 15.0. The molecular weight excluding hydrogens is 446 g/mol. The lowest BCUT2D eigenvalue weighted by molar-refractivity contribution is -0.137. The molecular formula is C24H20ClN3O5. The highest BCUT2D eigenvalue weighted by molar-refractivity contribution is 6.36. The molecule has 3 aromatic rings. The number of imide groups is 1. The van der Waals surface area contributed by atoms with Crippen LogP contribution in [-0.4, -0.2) is 29.7 Å². The lowest BCUT2D eigenvalue weighted by atomic mass is 10.0. The van der Waals surface area contributed by atoms with Crippen molar-refractivity contribution in [1.29, 1.82) is 0 Å². The molecule has 1 aliphatic heterocycles. The first-order valence-corrected chi connectivity index (χ1v) is 10.4. The van der Waals surface area contributed by atoms with Gasteiger partial charge in [-0.1, -0.05) is 23.7 Å². The van der Waals surface area contributed by atoms with Crippen molar-refractivity contribution in [2.45, 2.75) is 13.5 Å². The molecule has 33 heavy (non-hydrogen) atoms. The molecule has 2 heterocycles. The van der Waals surface area contributed by atoms with Crippen LogP contribution in [0, 0.1) is 0 Å². The van der Waals surface area contributed by atoms with Gasteiger partial charge in [-0.15, -0.1) is 0 Å². The number of anilines is 2. The van der Waals surface area contributed by atoms with E-state index in [-0.39, 0.29) is 23.7 Å². The van der Waals surface area contributed by atoms with Crippen molar-refractivity contribution in [3.63, 3.8) is 0 Å². The number of rotatable bonds is 7. The molecule has 4 rings (SSSR count). The lowest BCUT2D eigenvalue weighted by Crippen LogP contribution is -2.31. The minimum Gasteiger partial charge on any atom is -0.495 e. The van der Waals surface area contributed by atoms with Gasteiger partial charge >= 0.3 is 0 Å². The average molecular weight is 466 g/mol. The molecule has 0 radical (unpaired) electrons. The van der Waals surface area contributed by atoms with Gasteiger partial charge in [0, 0.05) is 17.6 Å². The number of carbonyl (C=O) groups excluding carboxylic acids is 3. The van der Waals surface area contributed by atoms with Gasteiger partial charge in [0.05, 0.1) is 31.2 Å². The van der Waals surface area contributed by atoms with Crippen LogP contribution in [0.5, 0.6) is 5.75 Å². The molecule has 0 atom stereocenters. The Hall–Kier alpha value is -4.04. The summed E-state index contributed by atoms with van der Waals surface area (Å²) in [5, 5.41) is 6.16. The topological polar surface area (TPSA) is 101 Å². The predicted molar refractivity (Wildman–Crippen MR) is 124 cm³/mol. The molecule has 1 aliphatic rings. The van der Waals surface area contributed by atoms with Gasteiger partial charge in [-0.25, -0.2) is 0 Å². The van der Waals surface area contributed by atoms with E-state index in [0.717, 1.165) is 4.90 Å². The Labute approximate surface area is 194 Å². The highest BCUT2D eigenvalue weighted by Gasteiger charge is 2.40. The minimum atomic E-state index is -0.514. The molecule has 3 amide bonds. The van der Waals surface area contributed by atoms with Gasteiger partial charge in [0.15, 0.2) is 0 Å². The summed E-state index contributed by atoms with van der Waals surface area (Å²) in [4.78, 5) is 39.1. The Morgan fingerprint density at radius 3 is 2.48 bits per heavy atom. The molecule has 0 aliphatic carbocycles. The van der Waals surface area contributed by atoms with E-state index < -0.39 is 11.8 Å². The summed E-state index contributed by atoms with van der Waals surface area (Å²) in [7, 11) is 1.50. The van der Waals surface area contributed by atoms with E-state index in [1.807, 2.05) is 0 Å². The fourth-order valence-corrected chi connectivity index (χ4v) is 3.67. The van der Waals surface area contributed by atoms with Gasteiger partial charge in [0.2, 0.25) is 5.91 Å². The first kappa shape index (κ1) is 22.2. The second kappa shape index (κ2) is 9.22. The van der Waals surface area contributed by atoms with Crippen molar-refractivity contribution in [1.82, 2.24) is 4.90 Å². The first-order chi connectivity index (χ1) is 15.9. The number of carbonyl (C=O) groups is 3. The maximum Gasteiger partial charge on any atom is 0.278 e. The summed E-state index contributed by atoms with van der Waals surface area (Å²) in [6.45, 7) is 1.39. The highest BCUT2D eigenvalue weighted by atomic mass is 35.5. The SMILES string of the molecule is COc1ccc(Cl)cc1NC1=C(c2ccc(NC(C)=O)cc2)C(=O)N(Cc2ccco2)C1=O. The number of furan rings is 1. The molecule has 1 aromatic heterocycles. The number of hydrogen-bond acceptors (Lipinski definition) is 6. The summed E-state index contributed by atoms with van der Waals surface area (Å²) in [5.41, 5.74) is 1.78. The zero-order chi connectivity index (χ0) is 23.5. The van der Waals surface area contributed by atoms with Crippen molar-refractivity contribution in [3.8, 4) is 5.75 Å². The lowest BCUT2D eigenvalue weighted by Gasteiger charge is -2.14. The Bertz CT molecular complexity index is 1250. The van der Waals surface area contributed by atoms with Crippen molar-refractivity contribution in [3.05, 3.63) is 82.9 Å². The second-order valence-electron chi connectivity index (χ2n) is 7.25. The second-order valence-corrected chi connectivity index (χ2v) is 7.69. The highest BCUT2D eigenvalue weighted by Crippen LogP contribution is 2.35. The number of halogens is 1. The van der Waals surface area contributed by atoms with Crippen molar-refractivity contribution >= 4 is 46.3 Å². The third kappa shape index (κ3) is 4.61. The molecule has 0 unspecified atom stereocenters. The molecule has 2 aromatic carbocycles. The Morgan fingerprint density at radius 2 is 1.85 bits per heavy atom. The third-order valence-corrected chi connectivity index (χ3v) is 5.21. The van der Waals surface area contributed by atoms with E-state index in [1.54, 1.807) is 54.6 Å². The maximum atomic E-state index is 13.4. The largest absolute Gasteiger partial charge is 0.495 e. The zero-order valence-corrected chi connectivity index (χ0v) is 18.6. The molecule has 0 spiro atoms. The number of nitrogens with one attached hydrogen (secondary N) is 2. The smallest absolute Gasteiger partial charge is 0.278 e. The zero-order valence-electron chi connectivity index (χ0n) is 17.8. The molecule has 9 heteroatoms. The summed E-state index contributed by atoms with van der Waals surface area (Å²) in [5.74, 6) is -0.281. The van der Waals surface area contributed by atoms with Crippen LogP contribution >= 0.6 is 11.6 Å². The Balaban J connectivity index is 1.76. The van der Waals surface area contributed by atoms with E-state index >= 15 is 0 Å². The van der Waals surface area contributed by atoms with Crippen LogP contribution in [-0.2, 0) is 20.9 Å². The van der Waals surface area contributed by atoms with Crippen LogP contribution in [0.4, 0.5) is 11.4 Å². The molecule has 0 fully saturated rings. The van der Waals surface area contributed by atoms with E-state index in [2.05, 4.69) is 10.6 Å². The van der Waals surface area contributed by atoms with Gasteiger partial charge in [-0.3, -0.25) is 19.3 Å². The molecule has 168 valence electrons. The fraction of sp³-hybridized carbons (Fsp3) is 0.125. The molecule has 0 saturated carbocycles. The number of hydrogen-bond donors (Lipinski definition) is 2. The quantitative estimate of drug-likeness (QED) is 0.505. The summed E-state index contributed by atoms with van der Waals surface area (Å²) >= 11 is 6.14. The van der Waals surface area contributed by atoms with Crippen LogP contribution in [0.3, 0.4) is 0 Å². The third-order valence-electron chi connectivity index (χ3n) is 4.98. The Kier molecular flexibility index (Phi) is 6.19. The van der Waals surface area contributed by atoms with Crippen LogP contribution in [0.15, 0.2) is 71.0 Å². The van der Waals surface area contributed by atoms with Crippen LogP contribution in [0.25, 0.3) is 5.57 Å². The van der Waals surface area contributed by atoms with Gasteiger partial charge in [-0.05, 0) is 48.0 Å². The number of ether oxygens (including phenoxy) is 1. The van der Waals surface area contributed by atoms with Gasteiger partial charge in [0.25, 0.3) is 11.8 Å². The number of nitrogens with zero attached hydrogens (tertiary/aromatic N) is 1. The monoisotopic (exact) mass is 465 g/mol. The summed E-state index contributed by atoms with van der Waals surface area (Å²) in [6.07, 6.45) is 1.48. The van der Waals surface area contributed by atoms with E-state index in [0.29, 0.717) is 33.5 Å². The van der Waals surface area contributed by atoms with Crippen LogP contribution in [0.1, 0.15) is 18.2 Å². The van der Waals surface area contributed by atoms with Crippen molar-refractivity contribution in [2.24, 2.45) is 0 Å². The van der Waals surface area contributed by atoms with Gasteiger partial charge in [-0.2, -0.15) is 0 Å². The predicted octanol–water partition coefficient (Wildman–Crippen LogP) is 4.29. The van der Waals surface area contributed by atoms with Gasteiger partial charge < -0.3 is 19.8 Å². The van der Waals surface area contributed by atoms with Crippen LogP contribution in [0.2, 0.25) is 5.02 Å². The molecule has 0 saturated heterocycles. The van der Waals surface area contributed by atoms with Crippen molar-refractivity contribution < 1.29 is 23.5 Å². The Morgan fingerprint density at radius 1 is 1.09 bits per heavy atom.